The average molecular weight is 405 g/mol. The normalized spacial score (nSPS) is 17.1. The SMILES string of the molecule is CCc1nc2ccccc2c(=O)n1CCNC(=O)C1=CC(C)(C)NC1(C)C.Cl. The summed E-state index contributed by atoms with van der Waals surface area (Å²) in [5.41, 5.74) is 0.779. The van der Waals surface area contributed by atoms with Crippen molar-refractivity contribution in [3.8, 4) is 0 Å². The topological polar surface area (TPSA) is 76.0 Å². The zero-order valence-electron chi connectivity index (χ0n) is 17.1. The first-order valence-electron chi connectivity index (χ1n) is 9.44. The number of carbonyl (C=O) groups is 1. The Morgan fingerprint density at radius 2 is 1.89 bits per heavy atom. The van der Waals surface area contributed by atoms with E-state index in [9.17, 15) is 9.59 Å². The van der Waals surface area contributed by atoms with Crippen molar-refractivity contribution in [2.45, 2.75) is 58.7 Å². The van der Waals surface area contributed by atoms with Crippen LogP contribution in [0.5, 0.6) is 0 Å². The lowest BCUT2D eigenvalue weighted by Gasteiger charge is -2.27. The van der Waals surface area contributed by atoms with Crippen molar-refractivity contribution < 1.29 is 4.79 Å². The second-order valence-electron chi connectivity index (χ2n) is 8.14. The molecule has 0 bridgehead atoms. The van der Waals surface area contributed by atoms with E-state index in [1.807, 2.05) is 58.9 Å². The Morgan fingerprint density at radius 3 is 2.50 bits per heavy atom. The first-order chi connectivity index (χ1) is 12.6. The van der Waals surface area contributed by atoms with Crippen LogP contribution < -0.4 is 16.2 Å². The molecule has 2 aromatic rings. The molecule has 0 radical (unpaired) electrons. The van der Waals surface area contributed by atoms with Gasteiger partial charge in [-0.25, -0.2) is 4.98 Å². The highest BCUT2D eigenvalue weighted by Crippen LogP contribution is 2.29. The number of hydrogen-bond donors (Lipinski definition) is 2. The summed E-state index contributed by atoms with van der Waals surface area (Å²) < 4.78 is 1.67. The number of rotatable bonds is 5. The lowest BCUT2D eigenvalue weighted by Crippen LogP contribution is -2.48. The number of nitrogens with zero attached hydrogens (tertiary/aromatic N) is 2. The van der Waals surface area contributed by atoms with Gasteiger partial charge in [-0.05, 0) is 39.8 Å². The quantitative estimate of drug-likeness (QED) is 0.803. The van der Waals surface area contributed by atoms with Crippen molar-refractivity contribution in [3.63, 3.8) is 0 Å². The Hall–Kier alpha value is -2.18. The lowest BCUT2D eigenvalue weighted by molar-refractivity contribution is -0.118. The highest BCUT2D eigenvalue weighted by Gasteiger charge is 2.39. The minimum Gasteiger partial charge on any atom is -0.350 e. The fourth-order valence-electron chi connectivity index (χ4n) is 3.89. The fourth-order valence-corrected chi connectivity index (χ4v) is 3.89. The first kappa shape index (κ1) is 22.1. The van der Waals surface area contributed by atoms with Gasteiger partial charge in [0.05, 0.1) is 10.9 Å². The van der Waals surface area contributed by atoms with Crippen molar-refractivity contribution in [2.75, 3.05) is 6.54 Å². The van der Waals surface area contributed by atoms with Crippen LogP contribution in [-0.4, -0.2) is 33.1 Å². The summed E-state index contributed by atoms with van der Waals surface area (Å²) in [6.07, 6.45) is 2.63. The monoisotopic (exact) mass is 404 g/mol. The van der Waals surface area contributed by atoms with Gasteiger partial charge in [-0.1, -0.05) is 25.1 Å². The third-order valence-electron chi connectivity index (χ3n) is 4.94. The van der Waals surface area contributed by atoms with Crippen LogP contribution in [0, 0.1) is 0 Å². The number of aromatic nitrogens is 2. The highest BCUT2D eigenvalue weighted by atomic mass is 35.5. The Labute approximate surface area is 171 Å². The van der Waals surface area contributed by atoms with Crippen LogP contribution in [0.25, 0.3) is 10.9 Å². The molecular weight excluding hydrogens is 376 g/mol. The van der Waals surface area contributed by atoms with Crippen LogP contribution in [0.4, 0.5) is 0 Å². The van der Waals surface area contributed by atoms with Gasteiger partial charge in [0.15, 0.2) is 0 Å². The Morgan fingerprint density at radius 1 is 1.21 bits per heavy atom. The second kappa shape index (κ2) is 8.05. The number of para-hydroxylation sites is 1. The van der Waals surface area contributed by atoms with Gasteiger partial charge in [-0.2, -0.15) is 0 Å². The Bertz CT molecular complexity index is 976. The summed E-state index contributed by atoms with van der Waals surface area (Å²) >= 11 is 0. The maximum atomic E-state index is 12.8. The third-order valence-corrected chi connectivity index (χ3v) is 4.94. The molecule has 1 aliphatic heterocycles. The number of amides is 1. The molecule has 0 atom stereocenters. The molecule has 6 nitrogen and oxygen atoms in total. The summed E-state index contributed by atoms with van der Waals surface area (Å²) in [6, 6.07) is 7.36. The summed E-state index contributed by atoms with van der Waals surface area (Å²) in [6.45, 7) is 10.8. The van der Waals surface area contributed by atoms with E-state index in [2.05, 4.69) is 15.6 Å². The molecule has 0 fully saturated rings. The van der Waals surface area contributed by atoms with Gasteiger partial charge in [0.2, 0.25) is 5.91 Å². The van der Waals surface area contributed by atoms with Crippen LogP contribution in [0.15, 0.2) is 40.7 Å². The third kappa shape index (κ3) is 4.28. The van der Waals surface area contributed by atoms with Crippen molar-refractivity contribution in [3.05, 3.63) is 52.1 Å². The lowest BCUT2D eigenvalue weighted by atomic mass is 9.96. The van der Waals surface area contributed by atoms with Crippen LogP contribution in [-0.2, 0) is 17.8 Å². The van der Waals surface area contributed by atoms with Crippen LogP contribution in [0.1, 0.15) is 40.4 Å². The second-order valence-corrected chi connectivity index (χ2v) is 8.14. The predicted octanol–water partition coefficient (Wildman–Crippen LogP) is 2.58. The minimum absolute atomic E-state index is 0. The van der Waals surface area contributed by atoms with E-state index >= 15 is 0 Å². The number of halogens is 1. The molecule has 0 unspecified atom stereocenters. The first-order valence-corrected chi connectivity index (χ1v) is 9.44. The molecule has 3 rings (SSSR count). The Kier molecular flexibility index (Phi) is 6.36. The molecule has 0 saturated heterocycles. The van der Waals surface area contributed by atoms with Crippen LogP contribution in [0.3, 0.4) is 0 Å². The van der Waals surface area contributed by atoms with Crippen molar-refractivity contribution in [2.24, 2.45) is 0 Å². The summed E-state index contributed by atoms with van der Waals surface area (Å²) in [4.78, 5) is 30.1. The summed E-state index contributed by atoms with van der Waals surface area (Å²) in [5.74, 6) is 0.633. The molecule has 7 heteroatoms. The molecule has 28 heavy (non-hydrogen) atoms. The molecule has 2 N–H and O–H groups in total. The zero-order chi connectivity index (χ0) is 19.8. The van der Waals surface area contributed by atoms with Gasteiger partial charge in [-0.15, -0.1) is 12.4 Å². The highest BCUT2D eigenvalue weighted by molar-refractivity contribution is 5.96. The van der Waals surface area contributed by atoms with Gasteiger partial charge in [0, 0.05) is 36.2 Å². The van der Waals surface area contributed by atoms with E-state index < -0.39 is 0 Å². The largest absolute Gasteiger partial charge is 0.350 e. The molecule has 1 aromatic carbocycles. The number of nitrogens with one attached hydrogen (secondary N) is 2. The molecular formula is C21H29ClN4O2. The van der Waals surface area contributed by atoms with Gasteiger partial charge >= 0.3 is 0 Å². The summed E-state index contributed by atoms with van der Waals surface area (Å²) in [7, 11) is 0. The number of aryl methyl sites for hydroxylation is 1. The smallest absolute Gasteiger partial charge is 0.261 e. The van der Waals surface area contributed by atoms with E-state index in [-0.39, 0.29) is 35.0 Å². The molecule has 1 aliphatic rings. The molecule has 0 aliphatic carbocycles. The number of fused-ring (bicyclic) bond motifs is 1. The maximum absolute atomic E-state index is 12.8. The summed E-state index contributed by atoms with van der Waals surface area (Å²) in [5, 5.41) is 7.00. The standard InChI is InChI=1S/C21H28N4O2.ClH/c1-6-17-23-16-10-8-7-9-14(16)19(27)25(17)12-11-22-18(26)15-13-20(2,3)24-21(15,4)5;/h7-10,13,24H,6,11-12H2,1-5H3,(H,22,26);1H. The van der Waals surface area contributed by atoms with Crippen LogP contribution in [0.2, 0.25) is 0 Å². The number of hydrogen-bond acceptors (Lipinski definition) is 4. The molecule has 1 amide bonds. The molecule has 152 valence electrons. The van der Waals surface area contributed by atoms with E-state index in [0.717, 1.165) is 11.4 Å². The van der Waals surface area contributed by atoms with Gasteiger partial charge in [0.25, 0.3) is 5.56 Å². The maximum Gasteiger partial charge on any atom is 0.261 e. The molecule has 0 saturated carbocycles. The van der Waals surface area contributed by atoms with E-state index in [0.29, 0.717) is 30.4 Å². The van der Waals surface area contributed by atoms with Gasteiger partial charge in [-0.3, -0.25) is 19.5 Å². The van der Waals surface area contributed by atoms with Crippen LogP contribution >= 0.6 is 12.4 Å². The van der Waals surface area contributed by atoms with E-state index in [1.54, 1.807) is 10.6 Å². The average Bonchev–Trinajstić information content (AvgIpc) is 2.83. The fraction of sp³-hybridized carbons (Fsp3) is 0.476. The van der Waals surface area contributed by atoms with Crippen molar-refractivity contribution in [1.82, 2.24) is 20.2 Å². The Balaban J connectivity index is 0.00000280. The van der Waals surface area contributed by atoms with E-state index in [4.69, 9.17) is 0 Å². The van der Waals surface area contributed by atoms with Crippen molar-refractivity contribution in [1.29, 1.82) is 0 Å². The van der Waals surface area contributed by atoms with Gasteiger partial charge in [0.1, 0.15) is 5.82 Å². The van der Waals surface area contributed by atoms with E-state index in [1.165, 1.54) is 0 Å². The number of carbonyl (C=O) groups excluding carboxylic acids is 1. The predicted molar refractivity (Wildman–Crippen MR) is 115 cm³/mol. The van der Waals surface area contributed by atoms with Gasteiger partial charge < -0.3 is 5.32 Å². The number of benzene rings is 1. The zero-order valence-corrected chi connectivity index (χ0v) is 17.9. The minimum atomic E-state index is -0.385. The molecule has 1 aromatic heterocycles. The van der Waals surface area contributed by atoms with Crippen molar-refractivity contribution >= 4 is 29.2 Å². The molecule has 2 heterocycles. The molecule has 0 spiro atoms.